The van der Waals surface area contributed by atoms with Crippen LogP contribution in [0.15, 0.2) is 204 Å². The van der Waals surface area contributed by atoms with E-state index in [4.69, 9.17) is 8.83 Å². The van der Waals surface area contributed by atoms with E-state index in [1.807, 2.05) is 60.7 Å². The molecule has 0 atom stereocenters. The molecule has 0 amide bonds. The maximum absolute atomic E-state index is 10.7. The number of phenols is 1. The quantitative estimate of drug-likeness (QED) is 0.194. The molecule has 0 saturated carbocycles. The Morgan fingerprint density at radius 1 is 0.475 bits per heavy atom. The maximum Gasteiger partial charge on any atom is 0.145 e. The molecular weight excluding hydrogens is 725 g/mol. The zero-order valence-electron chi connectivity index (χ0n) is 31.8. The van der Waals surface area contributed by atoms with Crippen molar-refractivity contribution in [2.75, 3.05) is 4.90 Å². The predicted molar refractivity (Wildman–Crippen MR) is 244 cm³/mol. The fourth-order valence-corrected chi connectivity index (χ4v) is 9.04. The van der Waals surface area contributed by atoms with Crippen molar-refractivity contribution in [3.8, 4) is 33.7 Å². The number of aromatic hydroxyl groups is 1. The minimum atomic E-state index is 0.246. The number of aromatic nitrogens is 1. The van der Waals surface area contributed by atoms with Gasteiger partial charge in [0.15, 0.2) is 0 Å². The lowest BCUT2D eigenvalue weighted by molar-refractivity contribution is 0.477. The number of anilines is 2. The molecule has 3 aromatic heterocycles. The van der Waals surface area contributed by atoms with Crippen LogP contribution in [0.1, 0.15) is 5.56 Å². The Morgan fingerprint density at radius 2 is 1.20 bits per heavy atom. The highest BCUT2D eigenvalue weighted by molar-refractivity contribution is 6.14. The van der Waals surface area contributed by atoms with Crippen molar-refractivity contribution in [3.63, 3.8) is 0 Å². The highest BCUT2D eigenvalue weighted by atomic mass is 16.3. The van der Waals surface area contributed by atoms with Gasteiger partial charge in [0.2, 0.25) is 0 Å². The molecule has 8 aromatic carbocycles. The number of hydrogen-bond donors (Lipinski definition) is 1. The summed E-state index contributed by atoms with van der Waals surface area (Å²) in [5.74, 6) is 0.246. The molecule has 5 heteroatoms. The molecule has 0 spiro atoms. The summed E-state index contributed by atoms with van der Waals surface area (Å²) in [6.07, 6.45) is 8.12. The largest absolute Gasteiger partial charge is 0.507 e. The molecule has 0 aliphatic carbocycles. The SMILES string of the molecule is C=C1/C=C\C=C/N(c2cccc(-c3ccccc3O)c2)c2ccc3c(oc4ccc(-n5c6ccccc6c6cc(-c7ccc8oc9ccccc9c8c7)ccc65)cc43)c21. The van der Waals surface area contributed by atoms with Crippen molar-refractivity contribution in [1.29, 1.82) is 0 Å². The first-order valence-corrected chi connectivity index (χ1v) is 19.7. The second kappa shape index (κ2) is 12.7. The average Bonchev–Trinajstić information content (AvgIpc) is 3.94. The standard InChI is InChI=1S/C54H34N2O3/c1-33-11-8-9-28-55(37-13-10-12-36(29-37)39-14-3-6-18-49(39)57)48-25-23-42-45-32-38(22-27-52(45)59-54(42)53(33)48)56-46-17-5-2-15-40(46)43-30-34(20-24-47(43)56)35-21-26-51-44(31-35)41-16-4-7-19-50(41)58-51/h2-32,57H,1H2/b11-8-,28-9-. The van der Waals surface area contributed by atoms with Crippen molar-refractivity contribution in [1.82, 2.24) is 4.57 Å². The zero-order valence-corrected chi connectivity index (χ0v) is 31.8. The number of nitrogens with zero attached hydrogens (tertiary/aromatic N) is 2. The van der Waals surface area contributed by atoms with E-state index in [9.17, 15) is 5.11 Å². The van der Waals surface area contributed by atoms with E-state index in [-0.39, 0.29) is 5.75 Å². The summed E-state index contributed by atoms with van der Waals surface area (Å²) in [6, 6.07) is 56.6. The number of allylic oxidation sites excluding steroid dienone is 4. The number of rotatable bonds is 4. The molecule has 0 fully saturated rings. The van der Waals surface area contributed by atoms with Gasteiger partial charge in [0.05, 0.1) is 16.7 Å². The van der Waals surface area contributed by atoms with Gasteiger partial charge in [-0.2, -0.15) is 0 Å². The molecular formula is C54H34N2O3. The van der Waals surface area contributed by atoms with Crippen LogP contribution >= 0.6 is 0 Å². The molecule has 1 aliphatic rings. The topological polar surface area (TPSA) is 54.7 Å². The summed E-state index contributed by atoms with van der Waals surface area (Å²) in [6.45, 7) is 4.51. The Kier molecular flexibility index (Phi) is 7.16. The molecule has 0 radical (unpaired) electrons. The number of para-hydroxylation sites is 3. The lowest BCUT2D eigenvalue weighted by atomic mass is 9.98. The number of benzene rings is 8. The highest BCUT2D eigenvalue weighted by Gasteiger charge is 2.23. The number of phenolic OH excluding ortho intramolecular Hbond substituents is 1. The van der Waals surface area contributed by atoms with Gasteiger partial charge in [0, 0.05) is 61.0 Å². The molecule has 11 aromatic rings. The van der Waals surface area contributed by atoms with Crippen LogP contribution in [-0.4, -0.2) is 9.67 Å². The van der Waals surface area contributed by atoms with Crippen LogP contribution in [0.3, 0.4) is 0 Å². The third-order valence-corrected chi connectivity index (χ3v) is 11.8. The van der Waals surface area contributed by atoms with Crippen LogP contribution in [0, 0.1) is 0 Å². The van der Waals surface area contributed by atoms with E-state index in [0.29, 0.717) is 0 Å². The normalized spacial score (nSPS) is 14.1. The van der Waals surface area contributed by atoms with E-state index < -0.39 is 0 Å². The molecule has 278 valence electrons. The van der Waals surface area contributed by atoms with E-state index in [0.717, 1.165) is 105 Å². The molecule has 12 rings (SSSR count). The van der Waals surface area contributed by atoms with Crippen molar-refractivity contribution in [3.05, 3.63) is 200 Å². The molecule has 1 aliphatic heterocycles. The summed E-state index contributed by atoms with van der Waals surface area (Å²) >= 11 is 0. The van der Waals surface area contributed by atoms with Gasteiger partial charge in [-0.05, 0) is 113 Å². The van der Waals surface area contributed by atoms with E-state index in [1.54, 1.807) is 6.07 Å². The Hall–Kier alpha value is -8.02. The Morgan fingerprint density at radius 3 is 2.12 bits per heavy atom. The Bertz CT molecular complexity index is 3610. The van der Waals surface area contributed by atoms with Gasteiger partial charge in [-0.3, -0.25) is 0 Å². The first-order valence-electron chi connectivity index (χ1n) is 19.7. The summed E-state index contributed by atoms with van der Waals surface area (Å²) in [4.78, 5) is 2.16. The summed E-state index contributed by atoms with van der Waals surface area (Å²) in [5, 5.41) is 17.3. The van der Waals surface area contributed by atoms with Crippen molar-refractivity contribution >= 4 is 82.6 Å². The van der Waals surface area contributed by atoms with Gasteiger partial charge in [0.1, 0.15) is 28.1 Å². The first-order chi connectivity index (χ1) is 29.1. The Labute approximate surface area is 338 Å². The molecule has 5 nitrogen and oxygen atoms in total. The van der Waals surface area contributed by atoms with Gasteiger partial charge in [-0.15, -0.1) is 0 Å². The van der Waals surface area contributed by atoms with Gasteiger partial charge in [-0.1, -0.05) is 97.6 Å². The monoisotopic (exact) mass is 758 g/mol. The fourth-order valence-electron chi connectivity index (χ4n) is 9.04. The Balaban J connectivity index is 0.993. The molecule has 0 saturated heterocycles. The molecule has 4 heterocycles. The van der Waals surface area contributed by atoms with E-state index in [1.165, 1.54) is 10.8 Å². The van der Waals surface area contributed by atoms with Gasteiger partial charge < -0.3 is 23.4 Å². The minimum absolute atomic E-state index is 0.246. The smallest absolute Gasteiger partial charge is 0.145 e. The lowest BCUT2D eigenvalue weighted by Crippen LogP contribution is -2.11. The molecule has 1 N–H and O–H groups in total. The van der Waals surface area contributed by atoms with Crippen LogP contribution in [0.2, 0.25) is 0 Å². The average molecular weight is 759 g/mol. The first kappa shape index (κ1) is 33.2. The summed E-state index contributed by atoms with van der Waals surface area (Å²) < 4.78 is 15.3. The second-order valence-electron chi connectivity index (χ2n) is 15.2. The van der Waals surface area contributed by atoms with Crippen LogP contribution in [-0.2, 0) is 0 Å². The zero-order chi connectivity index (χ0) is 39.2. The lowest BCUT2D eigenvalue weighted by Gasteiger charge is -2.25. The van der Waals surface area contributed by atoms with Crippen molar-refractivity contribution in [2.24, 2.45) is 0 Å². The van der Waals surface area contributed by atoms with Crippen LogP contribution in [0.4, 0.5) is 11.4 Å². The minimum Gasteiger partial charge on any atom is -0.507 e. The van der Waals surface area contributed by atoms with Crippen LogP contribution in [0.25, 0.3) is 99.2 Å². The van der Waals surface area contributed by atoms with Gasteiger partial charge in [-0.25, -0.2) is 0 Å². The van der Waals surface area contributed by atoms with E-state index >= 15 is 0 Å². The second-order valence-corrected chi connectivity index (χ2v) is 15.2. The molecule has 0 bridgehead atoms. The summed E-state index contributed by atoms with van der Waals surface area (Å²) in [7, 11) is 0. The van der Waals surface area contributed by atoms with Crippen LogP contribution < -0.4 is 4.90 Å². The molecule has 0 unspecified atom stereocenters. The predicted octanol–water partition coefficient (Wildman–Crippen LogP) is 14.9. The van der Waals surface area contributed by atoms with Crippen molar-refractivity contribution in [2.45, 2.75) is 0 Å². The van der Waals surface area contributed by atoms with Crippen molar-refractivity contribution < 1.29 is 13.9 Å². The van der Waals surface area contributed by atoms with Crippen LogP contribution in [0.5, 0.6) is 5.75 Å². The van der Waals surface area contributed by atoms with Gasteiger partial charge in [0.25, 0.3) is 0 Å². The fraction of sp³-hybridized carbons (Fsp3) is 0. The third-order valence-electron chi connectivity index (χ3n) is 11.8. The maximum atomic E-state index is 10.7. The van der Waals surface area contributed by atoms with E-state index in [2.05, 4.69) is 138 Å². The van der Waals surface area contributed by atoms with Gasteiger partial charge >= 0.3 is 0 Å². The highest BCUT2D eigenvalue weighted by Crippen LogP contribution is 2.44. The number of hydrogen-bond acceptors (Lipinski definition) is 4. The number of furan rings is 2. The number of fused-ring (bicyclic) bond motifs is 11. The molecule has 59 heavy (non-hydrogen) atoms. The third kappa shape index (κ3) is 5.12. The summed E-state index contributed by atoms with van der Waals surface area (Å²) in [5.41, 5.74) is 14.4.